The first-order valence-electron chi connectivity index (χ1n) is 7.41. The third-order valence-electron chi connectivity index (χ3n) is 3.14. The molecule has 0 fully saturated rings. The van der Waals surface area contributed by atoms with Crippen molar-refractivity contribution in [3.8, 4) is 11.5 Å². The lowest BCUT2D eigenvalue weighted by Crippen LogP contribution is -2.48. The van der Waals surface area contributed by atoms with Crippen LogP contribution in [0.1, 0.15) is 6.92 Å². The Morgan fingerprint density at radius 3 is 2.28 bits per heavy atom. The topological polar surface area (TPSA) is 88.7 Å². The highest BCUT2D eigenvalue weighted by molar-refractivity contribution is 5.91. The summed E-state index contributed by atoms with van der Waals surface area (Å²) in [5.74, 6) is -0.0747. The van der Waals surface area contributed by atoms with Crippen molar-refractivity contribution in [2.45, 2.75) is 13.0 Å². The van der Waals surface area contributed by atoms with Crippen molar-refractivity contribution in [1.29, 1.82) is 0 Å². The number of hydrazine groups is 1. The number of carbonyl (C=O) groups excluding carboxylic acids is 2. The molecule has 0 radical (unpaired) electrons. The number of benzene rings is 2. The van der Waals surface area contributed by atoms with E-state index in [1.54, 1.807) is 24.3 Å². The second-order valence-electron chi connectivity index (χ2n) is 4.99. The summed E-state index contributed by atoms with van der Waals surface area (Å²) in [6, 6.07) is 11.4. The molecule has 0 aromatic heterocycles. The molecule has 0 saturated carbocycles. The predicted molar refractivity (Wildman–Crippen MR) is 89.8 cm³/mol. The Kier molecular flexibility index (Phi) is 6.16. The van der Waals surface area contributed by atoms with Gasteiger partial charge in [-0.05, 0) is 43.3 Å². The minimum absolute atomic E-state index is 0.381. The highest BCUT2D eigenvalue weighted by Gasteiger charge is 2.17. The van der Waals surface area contributed by atoms with Gasteiger partial charge in [0.2, 0.25) is 0 Å². The van der Waals surface area contributed by atoms with Crippen LogP contribution in [-0.4, -0.2) is 25.2 Å². The van der Waals surface area contributed by atoms with Gasteiger partial charge in [0.25, 0.3) is 5.91 Å². The number of para-hydroxylation sites is 2. The Bertz CT molecular complexity index is 737. The van der Waals surface area contributed by atoms with Crippen LogP contribution in [0.25, 0.3) is 0 Å². The smallest absolute Gasteiger partial charge is 0.337 e. The van der Waals surface area contributed by atoms with E-state index < -0.39 is 23.9 Å². The average Bonchev–Trinajstić information content (AvgIpc) is 2.62. The first-order chi connectivity index (χ1) is 12.0. The molecule has 0 aliphatic heterocycles. The van der Waals surface area contributed by atoms with Crippen molar-refractivity contribution in [2.75, 3.05) is 12.4 Å². The molecule has 2 rings (SSSR count). The Labute approximate surface area is 144 Å². The predicted octanol–water partition coefficient (Wildman–Crippen LogP) is 2.45. The van der Waals surface area contributed by atoms with Crippen LogP contribution in [0.3, 0.4) is 0 Å². The summed E-state index contributed by atoms with van der Waals surface area (Å²) in [7, 11) is 1.49. The fourth-order valence-electron chi connectivity index (χ4n) is 1.88. The van der Waals surface area contributed by atoms with Crippen molar-refractivity contribution < 1.29 is 23.5 Å². The quantitative estimate of drug-likeness (QED) is 0.725. The number of rotatable bonds is 5. The Morgan fingerprint density at radius 1 is 1.00 bits per heavy atom. The summed E-state index contributed by atoms with van der Waals surface area (Å²) in [5.41, 5.74) is 4.80. The van der Waals surface area contributed by atoms with Crippen LogP contribution in [0.4, 0.5) is 14.9 Å². The van der Waals surface area contributed by atoms with E-state index in [1.165, 1.54) is 38.3 Å². The van der Waals surface area contributed by atoms with Gasteiger partial charge in [-0.3, -0.25) is 10.2 Å². The number of carbonyl (C=O) groups is 2. The van der Waals surface area contributed by atoms with E-state index in [1.807, 2.05) is 0 Å². The van der Waals surface area contributed by atoms with Gasteiger partial charge in [0, 0.05) is 5.69 Å². The SMILES string of the molecule is COc1ccccc1O[C@H](C)C(=O)NNC(=O)Nc1ccc(F)cc1. The van der Waals surface area contributed by atoms with Crippen LogP contribution < -0.4 is 25.6 Å². The van der Waals surface area contributed by atoms with Gasteiger partial charge in [-0.15, -0.1) is 0 Å². The second-order valence-corrected chi connectivity index (χ2v) is 4.99. The van der Waals surface area contributed by atoms with Gasteiger partial charge in [0.1, 0.15) is 5.82 Å². The molecule has 0 spiro atoms. The van der Waals surface area contributed by atoms with Gasteiger partial charge >= 0.3 is 6.03 Å². The molecule has 8 heteroatoms. The molecule has 0 aliphatic rings. The highest BCUT2D eigenvalue weighted by atomic mass is 19.1. The van der Waals surface area contributed by atoms with Gasteiger partial charge in [0.05, 0.1) is 7.11 Å². The molecule has 2 aromatic carbocycles. The lowest BCUT2D eigenvalue weighted by molar-refractivity contribution is -0.128. The maximum Gasteiger partial charge on any atom is 0.337 e. The molecule has 0 saturated heterocycles. The van der Waals surface area contributed by atoms with Crippen molar-refractivity contribution in [3.63, 3.8) is 0 Å². The minimum Gasteiger partial charge on any atom is -0.493 e. The van der Waals surface area contributed by atoms with E-state index in [0.717, 1.165) is 0 Å². The van der Waals surface area contributed by atoms with Gasteiger partial charge < -0.3 is 14.8 Å². The maximum absolute atomic E-state index is 12.8. The first-order valence-corrected chi connectivity index (χ1v) is 7.41. The molecule has 0 bridgehead atoms. The third-order valence-corrected chi connectivity index (χ3v) is 3.14. The highest BCUT2D eigenvalue weighted by Crippen LogP contribution is 2.26. The Balaban J connectivity index is 1.82. The van der Waals surface area contributed by atoms with Crippen LogP contribution in [0.15, 0.2) is 48.5 Å². The molecule has 3 N–H and O–H groups in total. The Morgan fingerprint density at radius 2 is 1.64 bits per heavy atom. The molecule has 7 nitrogen and oxygen atoms in total. The standard InChI is InChI=1S/C17H18FN3O4/c1-11(25-15-6-4-3-5-14(15)24-2)16(22)20-21-17(23)19-13-9-7-12(18)8-10-13/h3-11H,1-2H3,(H,20,22)(H2,19,21,23)/t11-/m1/s1. The number of nitrogens with one attached hydrogen (secondary N) is 3. The number of hydrogen-bond donors (Lipinski definition) is 3. The van der Waals surface area contributed by atoms with E-state index in [2.05, 4.69) is 16.2 Å². The third kappa shape index (κ3) is 5.38. The van der Waals surface area contributed by atoms with Crippen LogP contribution >= 0.6 is 0 Å². The molecule has 0 unspecified atom stereocenters. The van der Waals surface area contributed by atoms with Gasteiger partial charge in [-0.2, -0.15) is 0 Å². The van der Waals surface area contributed by atoms with Crippen LogP contribution in [0, 0.1) is 5.82 Å². The summed E-state index contributed by atoms with van der Waals surface area (Å²) in [6.45, 7) is 1.53. The number of urea groups is 1. The molecular formula is C17H18FN3O4. The summed E-state index contributed by atoms with van der Waals surface area (Å²) < 4.78 is 23.4. The normalized spacial score (nSPS) is 11.2. The van der Waals surface area contributed by atoms with Gasteiger partial charge in [-0.1, -0.05) is 12.1 Å². The van der Waals surface area contributed by atoms with E-state index >= 15 is 0 Å². The molecule has 2 aromatic rings. The van der Waals surface area contributed by atoms with Crippen LogP contribution in [-0.2, 0) is 4.79 Å². The van der Waals surface area contributed by atoms with Crippen LogP contribution in [0.2, 0.25) is 0 Å². The van der Waals surface area contributed by atoms with E-state index in [4.69, 9.17) is 9.47 Å². The maximum atomic E-state index is 12.8. The van der Waals surface area contributed by atoms with Gasteiger partial charge in [0.15, 0.2) is 17.6 Å². The number of methoxy groups -OCH3 is 1. The van der Waals surface area contributed by atoms with E-state index in [-0.39, 0.29) is 0 Å². The second kappa shape index (κ2) is 8.53. The van der Waals surface area contributed by atoms with Crippen molar-refractivity contribution in [3.05, 3.63) is 54.3 Å². The monoisotopic (exact) mass is 347 g/mol. The molecule has 0 heterocycles. The summed E-state index contributed by atoms with van der Waals surface area (Å²) in [4.78, 5) is 23.7. The van der Waals surface area contributed by atoms with Gasteiger partial charge in [-0.25, -0.2) is 14.6 Å². The molecule has 3 amide bonds. The number of halogens is 1. The van der Waals surface area contributed by atoms with Crippen LogP contribution in [0.5, 0.6) is 11.5 Å². The zero-order valence-electron chi connectivity index (χ0n) is 13.7. The fraction of sp³-hybridized carbons (Fsp3) is 0.176. The summed E-state index contributed by atoms with van der Waals surface area (Å²) >= 11 is 0. The number of amides is 3. The zero-order chi connectivity index (χ0) is 18.2. The van der Waals surface area contributed by atoms with Crippen molar-refractivity contribution in [2.24, 2.45) is 0 Å². The number of hydrogen-bond acceptors (Lipinski definition) is 4. The lowest BCUT2D eigenvalue weighted by atomic mass is 10.3. The lowest BCUT2D eigenvalue weighted by Gasteiger charge is -2.17. The molecule has 1 atom stereocenters. The number of anilines is 1. The summed E-state index contributed by atoms with van der Waals surface area (Å²) in [5, 5.41) is 2.44. The number of ether oxygens (including phenoxy) is 2. The fourth-order valence-corrected chi connectivity index (χ4v) is 1.88. The molecule has 25 heavy (non-hydrogen) atoms. The zero-order valence-corrected chi connectivity index (χ0v) is 13.7. The molecular weight excluding hydrogens is 329 g/mol. The Hall–Kier alpha value is -3.29. The largest absolute Gasteiger partial charge is 0.493 e. The van der Waals surface area contributed by atoms with Crippen molar-refractivity contribution >= 4 is 17.6 Å². The summed E-state index contributed by atoms with van der Waals surface area (Å²) in [6.07, 6.45) is -0.873. The minimum atomic E-state index is -0.873. The van der Waals surface area contributed by atoms with E-state index in [0.29, 0.717) is 17.2 Å². The van der Waals surface area contributed by atoms with Crippen molar-refractivity contribution in [1.82, 2.24) is 10.9 Å². The average molecular weight is 347 g/mol. The first kappa shape index (κ1) is 18.1. The molecule has 132 valence electrons. The molecule has 0 aliphatic carbocycles. The van der Waals surface area contributed by atoms with E-state index in [9.17, 15) is 14.0 Å².